The summed E-state index contributed by atoms with van der Waals surface area (Å²) in [6.07, 6.45) is -0.581. The Kier molecular flexibility index (Phi) is 5.91. The SMILES string of the molecule is OC(CNc1ccccc1)COc1ccc(Nc2ccccc2)cc1. The Bertz CT molecular complexity index is 746. The highest BCUT2D eigenvalue weighted by molar-refractivity contribution is 5.60. The number of rotatable bonds is 8. The predicted octanol–water partition coefficient (Wildman–Crippen LogP) is 4.28. The van der Waals surface area contributed by atoms with Crippen LogP contribution in [-0.4, -0.2) is 24.4 Å². The van der Waals surface area contributed by atoms with Crippen LogP contribution in [0.1, 0.15) is 0 Å². The summed E-state index contributed by atoms with van der Waals surface area (Å²) in [5, 5.41) is 16.5. The molecule has 128 valence electrons. The van der Waals surface area contributed by atoms with Gasteiger partial charge in [-0.15, -0.1) is 0 Å². The summed E-state index contributed by atoms with van der Waals surface area (Å²) < 4.78 is 5.64. The third-order valence-corrected chi connectivity index (χ3v) is 3.67. The lowest BCUT2D eigenvalue weighted by atomic mass is 10.2. The molecule has 0 aliphatic rings. The van der Waals surface area contributed by atoms with Gasteiger partial charge in [0.2, 0.25) is 0 Å². The molecule has 3 rings (SSSR count). The van der Waals surface area contributed by atoms with Crippen molar-refractivity contribution in [3.63, 3.8) is 0 Å². The van der Waals surface area contributed by atoms with E-state index in [0.29, 0.717) is 6.54 Å². The zero-order valence-corrected chi connectivity index (χ0v) is 13.9. The Morgan fingerprint density at radius 3 is 1.92 bits per heavy atom. The number of nitrogens with one attached hydrogen (secondary N) is 2. The molecule has 3 N–H and O–H groups in total. The first-order valence-electron chi connectivity index (χ1n) is 8.31. The molecule has 0 saturated heterocycles. The van der Waals surface area contributed by atoms with E-state index in [1.807, 2.05) is 84.9 Å². The number of ether oxygens (including phenoxy) is 1. The van der Waals surface area contributed by atoms with Crippen molar-refractivity contribution < 1.29 is 9.84 Å². The molecule has 1 unspecified atom stereocenters. The summed E-state index contributed by atoms with van der Waals surface area (Å²) in [6, 6.07) is 27.5. The molecule has 25 heavy (non-hydrogen) atoms. The fourth-order valence-electron chi connectivity index (χ4n) is 2.37. The van der Waals surface area contributed by atoms with Gasteiger partial charge in [-0.25, -0.2) is 0 Å². The van der Waals surface area contributed by atoms with E-state index in [4.69, 9.17) is 4.74 Å². The normalized spacial score (nSPS) is 11.6. The minimum Gasteiger partial charge on any atom is -0.491 e. The first-order valence-corrected chi connectivity index (χ1v) is 8.31. The van der Waals surface area contributed by atoms with Gasteiger partial charge in [0.25, 0.3) is 0 Å². The van der Waals surface area contributed by atoms with Gasteiger partial charge in [-0.2, -0.15) is 0 Å². The first kappa shape index (κ1) is 16.9. The summed E-state index contributed by atoms with van der Waals surface area (Å²) in [5.74, 6) is 0.734. The lowest BCUT2D eigenvalue weighted by Gasteiger charge is -2.14. The number of benzene rings is 3. The van der Waals surface area contributed by atoms with Gasteiger partial charge >= 0.3 is 0 Å². The van der Waals surface area contributed by atoms with Gasteiger partial charge in [-0.1, -0.05) is 36.4 Å². The monoisotopic (exact) mass is 334 g/mol. The molecular formula is C21H22N2O2. The maximum absolute atomic E-state index is 10.0. The fourth-order valence-corrected chi connectivity index (χ4v) is 2.37. The van der Waals surface area contributed by atoms with Crippen molar-refractivity contribution in [1.82, 2.24) is 0 Å². The van der Waals surface area contributed by atoms with Gasteiger partial charge in [-0.05, 0) is 48.5 Å². The Hall–Kier alpha value is -2.98. The van der Waals surface area contributed by atoms with Gasteiger partial charge in [-0.3, -0.25) is 0 Å². The summed E-state index contributed by atoms with van der Waals surface area (Å²) in [5.41, 5.74) is 3.02. The molecule has 0 radical (unpaired) electrons. The van der Waals surface area contributed by atoms with Crippen LogP contribution in [0.4, 0.5) is 17.1 Å². The van der Waals surface area contributed by atoms with E-state index in [0.717, 1.165) is 22.8 Å². The molecule has 4 nitrogen and oxygen atoms in total. The molecule has 0 heterocycles. The van der Waals surface area contributed by atoms with Crippen molar-refractivity contribution in [1.29, 1.82) is 0 Å². The number of hydrogen-bond donors (Lipinski definition) is 3. The van der Waals surface area contributed by atoms with Crippen molar-refractivity contribution in [3.8, 4) is 5.75 Å². The molecule has 4 heteroatoms. The number of aliphatic hydroxyl groups is 1. The summed E-state index contributed by atoms with van der Waals surface area (Å²) in [4.78, 5) is 0. The Balaban J connectivity index is 1.43. The van der Waals surface area contributed by atoms with Crippen LogP contribution in [0.5, 0.6) is 5.75 Å². The molecule has 0 spiro atoms. The van der Waals surface area contributed by atoms with Crippen molar-refractivity contribution in [2.75, 3.05) is 23.8 Å². The lowest BCUT2D eigenvalue weighted by Crippen LogP contribution is -2.26. The van der Waals surface area contributed by atoms with E-state index in [-0.39, 0.29) is 6.61 Å². The maximum atomic E-state index is 10.0. The van der Waals surface area contributed by atoms with E-state index in [2.05, 4.69) is 10.6 Å². The Labute approximate surface area is 148 Å². The Morgan fingerprint density at radius 1 is 0.720 bits per heavy atom. The molecule has 0 amide bonds. The fraction of sp³-hybridized carbons (Fsp3) is 0.143. The van der Waals surface area contributed by atoms with E-state index >= 15 is 0 Å². The second-order valence-electron chi connectivity index (χ2n) is 5.73. The molecule has 0 bridgehead atoms. The second-order valence-corrected chi connectivity index (χ2v) is 5.73. The van der Waals surface area contributed by atoms with Crippen LogP contribution in [0, 0.1) is 0 Å². The largest absolute Gasteiger partial charge is 0.491 e. The molecule has 0 saturated carbocycles. The standard InChI is InChI=1S/C21H22N2O2/c24-20(15-22-17-7-3-1-4-8-17)16-25-21-13-11-19(12-14-21)23-18-9-5-2-6-10-18/h1-14,20,22-24H,15-16H2. The zero-order valence-electron chi connectivity index (χ0n) is 13.9. The third-order valence-electron chi connectivity index (χ3n) is 3.67. The van der Waals surface area contributed by atoms with Gasteiger partial charge in [0.1, 0.15) is 18.5 Å². The zero-order chi connectivity index (χ0) is 17.3. The molecule has 0 aromatic heterocycles. The van der Waals surface area contributed by atoms with Crippen molar-refractivity contribution in [3.05, 3.63) is 84.9 Å². The highest BCUT2D eigenvalue weighted by Crippen LogP contribution is 2.20. The lowest BCUT2D eigenvalue weighted by molar-refractivity contribution is 0.117. The molecule has 1 atom stereocenters. The van der Waals surface area contributed by atoms with E-state index in [9.17, 15) is 5.11 Å². The highest BCUT2D eigenvalue weighted by atomic mass is 16.5. The van der Waals surface area contributed by atoms with Gasteiger partial charge in [0.15, 0.2) is 0 Å². The van der Waals surface area contributed by atoms with Gasteiger partial charge < -0.3 is 20.5 Å². The summed E-state index contributed by atoms with van der Waals surface area (Å²) in [6.45, 7) is 0.683. The minimum atomic E-state index is -0.581. The topological polar surface area (TPSA) is 53.5 Å². The molecular weight excluding hydrogens is 312 g/mol. The highest BCUT2D eigenvalue weighted by Gasteiger charge is 2.05. The predicted molar refractivity (Wildman–Crippen MR) is 103 cm³/mol. The van der Waals surface area contributed by atoms with Crippen molar-refractivity contribution in [2.45, 2.75) is 6.10 Å². The number of anilines is 3. The molecule has 0 aliphatic heterocycles. The summed E-state index contributed by atoms with van der Waals surface area (Å²) >= 11 is 0. The minimum absolute atomic E-state index is 0.241. The number of para-hydroxylation sites is 2. The van der Waals surface area contributed by atoms with Crippen LogP contribution in [-0.2, 0) is 0 Å². The number of hydrogen-bond acceptors (Lipinski definition) is 4. The van der Waals surface area contributed by atoms with Crippen LogP contribution < -0.4 is 15.4 Å². The molecule has 0 aliphatic carbocycles. The summed E-state index contributed by atoms with van der Waals surface area (Å²) in [7, 11) is 0. The van der Waals surface area contributed by atoms with Crippen LogP contribution in [0.2, 0.25) is 0 Å². The van der Waals surface area contributed by atoms with Crippen molar-refractivity contribution in [2.24, 2.45) is 0 Å². The average molecular weight is 334 g/mol. The quantitative estimate of drug-likeness (QED) is 0.575. The third kappa shape index (κ3) is 5.55. The van der Waals surface area contributed by atoms with Crippen LogP contribution in [0.25, 0.3) is 0 Å². The smallest absolute Gasteiger partial charge is 0.119 e. The van der Waals surface area contributed by atoms with E-state index in [1.165, 1.54) is 0 Å². The van der Waals surface area contributed by atoms with Gasteiger partial charge in [0.05, 0.1) is 0 Å². The van der Waals surface area contributed by atoms with Crippen LogP contribution in [0.15, 0.2) is 84.9 Å². The van der Waals surface area contributed by atoms with Crippen molar-refractivity contribution >= 4 is 17.1 Å². The van der Waals surface area contributed by atoms with Crippen LogP contribution >= 0.6 is 0 Å². The molecule has 0 fully saturated rings. The van der Waals surface area contributed by atoms with Crippen LogP contribution in [0.3, 0.4) is 0 Å². The van der Waals surface area contributed by atoms with E-state index in [1.54, 1.807) is 0 Å². The Morgan fingerprint density at radius 2 is 1.28 bits per heavy atom. The first-order chi connectivity index (χ1) is 12.3. The average Bonchev–Trinajstić information content (AvgIpc) is 2.67. The molecule has 3 aromatic rings. The second kappa shape index (κ2) is 8.76. The maximum Gasteiger partial charge on any atom is 0.119 e. The van der Waals surface area contributed by atoms with E-state index < -0.39 is 6.10 Å². The van der Waals surface area contributed by atoms with Gasteiger partial charge in [0, 0.05) is 23.6 Å². The number of aliphatic hydroxyl groups excluding tert-OH is 1. The molecule has 3 aromatic carbocycles.